The maximum atomic E-state index is 6.05. The number of ether oxygens (including phenoxy) is 1. The van der Waals surface area contributed by atoms with E-state index in [9.17, 15) is 0 Å². The lowest BCUT2D eigenvalue weighted by molar-refractivity contribution is 0.275. The summed E-state index contributed by atoms with van der Waals surface area (Å²) in [5.74, 6) is 2.54. The predicted molar refractivity (Wildman–Crippen MR) is 119 cm³/mol. The molecule has 0 fully saturated rings. The van der Waals surface area contributed by atoms with Crippen molar-refractivity contribution in [3.63, 3.8) is 0 Å². The molecule has 1 atom stereocenters. The molecule has 0 aliphatic carbocycles. The van der Waals surface area contributed by atoms with E-state index in [4.69, 9.17) is 4.74 Å². The fourth-order valence-electron chi connectivity index (χ4n) is 3.03. The Bertz CT molecular complexity index is 611. The van der Waals surface area contributed by atoms with Crippen molar-refractivity contribution in [2.45, 2.75) is 53.4 Å². The molecule has 0 radical (unpaired) electrons. The first-order valence-electron chi connectivity index (χ1n) is 9.34. The predicted octanol–water partition coefficient (Wildman–Crippen LogP) is 7.74. The molecule has 0 amide bonds. The summed E-state index contributed by atoms with van der Waals surface area (Å²) >= 11 is 0. The molecule has 146 valence electrons. The Hall–Kier alpha value is -1.18. The van der Waals surface area contributed by atoms with Crippen LogP contribution in [0.15, 0.2) is 48.5 Å². The van der Waals surface area contributed by atoms with Crippen LogP contribution >= 0.6 is 24.8 Å². The molecule has 0 aromatic heterocycles. The van der Waals surface area contributed by atoms with E-state index in [2.05, 4.69) is 76.2 Å². The van der Waals surface area contributed by atoms with Gasteiger partial charge in [-0.3, -0.25) is 0 Å². The molecule has 0 saturated carbocycles. The van der Waals surface area contributed by atoms with Crippen LogP contribution in [0, 0.1) is 18.8 Å². The van der Waals surface area contributed by atoms with E-state index < -0.39 is 0 Å². The van der Waals surface area contributed by atoms with Crippen molar-refractivity contribution in [3.8, 4) is 16.9 Å². The minimum Gasteiger partial charge on any atom is -0.494 e. The molecule has 2 aromatic rings. The van der Waals surface area contributed by atoms with Crippen molar-refractivity contribution >= 4 is 24.8 Å². The van der Waals surface area contributed by atoms with Gasteiger partial charge >= 0.3 is 0 Å². The summed E-state index contributed by atoms with van der Waals surface area (Å²) in [5.41, 5.74) is 3.72. The molecule has 2 aromatic carbocycles. The standard InChI is InChI=1S/C23H32O.2ClH/c1-18(2)9-8-10-19(3)13-14-24-23-16-20(4)15-22(17-23)21-11-6-5-7-12-21;;/h5-7,11-12,15-19H,8-10,13-14H2,1-4H3;2*1H. The minimum absolute atomic E-state index is 0. The summed E-state index contributed by atoms with van der Waals surface area (Å²) in [6.45, 7) is 9.88. The van der Waals surface area contributed by atoms with Gasteiger partial charge in [0.25, 0.3) is 0 Å². The summed E-state index contributed by atoms with van der Waals surface area (Å²) in [6.07, 6.45) is 5.11. The SMILES string of the molecule is Cc1cc(OCCC(C)CCCC(C)C)cc(-c2ccccc2)c1.Cl.Cl. The molecule has 0 saturated heterocycles. The third kappa shape index (κ3) is 8.96. The number of hydrogen-bond acceptors (Lipinski definition) is 1. The minimum atomic E-state index is 0. The maximum absolute atomic E-state index is 6.05. The maximum Gasteiger partial charge on any atom is 0.120 e. The monoisotopic (exact) mass is 396 g/mol. The molecule has 2 rings (SSSR count). The van der Waals surface area contributed by atoms with Crippen LogP contribution in [0.25, 0.3) is 11.1 Å². The normalized spacial score (nSPS) is 11.4. The van der Waals surface area contributed by atoms with Crippen molar-refractivity contribution in [1.82, 2.24) is 0 Å². The molecule has 26 heavy (non-hydrogen) atoms. The van der Waals surface area contributed by atoms with Crippen molar-refractivity contribution < 1.29 is 4.74 Å². The van der Waals surface area contributed by atoms with E-state index in [1.807, 2.05) is 0 Å². The van der Waals surface area contributed by atoms with Crippen LogP contribution < -0.4 is 4.74 Å². The Morgan fingerprint density at radius 1 is 0.808 bits per heavy atom. The molecule has 0 aliphatic heterocycles. The smallest absolute Gasteiger partial charge is 0.120 e. The van der Waals surface area contributed by atoms with Crippen LogP contribution in [0.3, 0.4) is 0 Å². The lowest BCUT2D eigenvalue weighted by Crippen LogP contribution is -2.05. The van der Waals surface area contributed by atoms with E-state index in [0.717, 1.165) is 30.6 Å². The lowest BCUT2D eigenvalue weighted by atomic mass is 9.98. The zero-order valence-electron chi connectivity index (χ0n) is 16.5. The second-order valence-corrected chi connectivity index (χ2v) is 7.47. The van der Waals surface area contributed by atoms with Crippen LogP contribution in [0.5, 0.6) is 5.75 Å². The van der Waals surface area contributed by atoms with Crippen LogP contribution in [-0.4, -0.2) is 6.61 Å². The lowest BCUT2D eigenvalue weighted by Gasteiger charge is -2.14. The van der Waals surface area contributed by atoms with Gasteiger partial charge in [-0.15, -0.1) is 24.8 Å². The third-order valence-electron chi connectivity index (χ3n) is 4.52. The zero-order chi connectivity index (χ0) is 17.4. The molecule has 0 N–H and O–H groups in total. The molecule has 0 bridgehead atoms. The third-order valence-corrected chi connectivity index (χ3v) is 4.52. The van der Waals surface area contributed by atoms with Crippen molar-refractivity contribution in [2.24, 2.45) is 11.8 Å². The number of aryl methyl sites for hydroxylation is 1. The van der Waals surface area contributed by atoms with Gasteiger partial charge < -0.3 is 4.74 Å². The topological polar surface area (TPSA) is 9.23 Å². The number of benzene rings is 2. The summed E-state index contributed by atoms with van der Waals surface area (Å²) < 4.78 is 6.05. The molecular formula is C23H34Cl2O. The first-order chi connectivity index (χ1) is 11.5. The highest BCUT2D eigenvalue weighted by Crippen LogP contribution is 2.26. The van der Waals surface area contributed by atoms with E-state index in [-0.39, 0.29) is 24.8 Å². The number of halogens is 2. The van der Waals surface area contributed by atoms with Gasteiger partial charge in [0.1, 0.15) is 5.75 Å². The van der Waals surface area contributed by atoms with E-state index in [1.54, 1.807) is 0 Å². The van der Waals surface area contributed by atoms with E-state index in [1.165, 1.54) is 36.0 Å². The summed E-state index contributed by atoms with van der Waals surface area (Å²) in [5, 5.41) is 0. The van der Waals surface area contributed by atoms with Gasteiger partial charge in [-0.25, -0.2) is 0 Å². The van der Waals surface area contributed by atoms with Crippen LogP contribution in [0.1, 0.15) is 52.0 Å². The van der Waals surface area contributed by atoms with Crippen LogP contribution in [0.2, 0.25) is 0 Å². The molecule has 0 spiro atoms. The quantitative estimate of drug-likeness (QED) is 0.420. The van der Waals surface area contributed by atoms with E-state index in [0.29, 0.717) is 0 Å². The molecule has 0 aliphatic rings. The van der Waals surface area contributed by atoms with Crippen molar-refractivity contribution in [2.75, 3.05) is 6.61 Å². The second-order valence-electron chi connectivity index (χ2n) is 7.47. The van der Waals surface area contributed by atoms with Gasteiger partial charge in [-0.2, -0.15) is 0 Å². The number of rotatable bonds is 9. The van der Waals surface area contributed by atoms with Gasteiger partial charge in [0, 0.05) is 0 Å². The van der Waals surface area contributed by atoms with Crippen LogP contribution in [0.4, 0.5) is 0 Å². The largest absolute Gasteiger partial charge is 0.494 e. The van der Waals surface area contributed by atoms with Gasteiger partial charge in [0.2, 0.25) is 0 Å². The highest BCUT2D eigenvalue weighted by molar-refractivity contribution is 5.85. The molecular weight excluding hydrogens is 363 g/mol. The molecule has 0 heterocycles. The first-order valence-corrected chi connectivity index (χ1v) is 9.34. The van der Waals surface area contributed by atoms with Gasteiger partial charge in [0.05, 0.1) is 6.61 Å². The fourth-order valence-corrected chi connectivity index (χ4v) is 3.03. The zero-order valence-corrected chi connectivity index (χ0v) is 18.2. The molecule has 3 heteroatoms. The fraction of sp³-hybridized carbons (Fsp3) is 0.478. The Balaban J connectivity index is 0.00000312. The molecule has 1 unspecified atom stereocenters. The summed E-state index contributed by atoms with van der Waals surface area (Å²) in [6, 6.07) is 17.0. The van der Waals surface area contributed by atoms with Gasteiger partial charge in [-0.1, -0.05) is 76.4 Å². The first kappa shape index (κ1) is 24.8. The van der Waals surface area contributed by atoms with Crippen molar-refractivity contribution in [1.29, 1.82) is 0 Å². The Labute approximate surface area is 172 Å². The van der Waals surface area contributed by atoms with Gasteiger partial charge in [0.15, 0.2) is 0 Å². The average molecular weight is 397 g/mol. The Kier molecular flexibility index (Phi) is 12.5. The van der Waals surface area contributed by atoms with Gasteiger partial charge in [-0.05, 0) is 54.0 Å². The Morgan fingerprint density at radius 3 is 2.15 bits per heavy atom. The Morgan fingerprint density at radius 2 is 1.50 bits per heavy atom. The second kappa shape index (κ2) is 13.1. The van der Waals surface area contributed by atoms with Crippen molar-refractivity contribution in [3.05, 3.63) is 54.1 Å². The highest BCUT2D eigenvalue weighted by Gasteiger charge is 2.06. The summed E-state index contributed by atoms with van der Waals surface area (Å²) in [7, 11) is 0. The summed E-state index contributed by atoms with van der Waals surface area (Å²) in [4.78, 5) is 0. The highest BCUT2D eigenvalue weighted by atomic mass is 35.5. The number of hydrogen-bond donors (Lipinski definition) is 0. The van der Waals surface area contributed by atoms with Crippen LogP contribution in [-0.2, 0) is 0 Å². The molecule has 1 nitrogen and oxygen atoms in total. The average Bonchev–Trinajstić information content (AvgIpc) is 2.55. The van der Waals surface area contributed by atoms with E-state index >= 15 is 0 Å².